The molecule has 0 atom stereocenters. The van der Waals surface area contributed by atoms with Crippen LogP contribution in [-0.2, 0) is 5.41 Å². The summed E-state index contributed by atoms with van der Waals surface area (Å²) in [6, 6.07) is 10.7. The van der Waals surface area contributed by atoms with Crippen molar-refractivity contribution in [2.45, 2.75) is 52.5 Å². The van der Waals surface area contributed by atoms with Gasteiger partial charge < -0.3 is 5.32 Å². The Balaban J connectivity index is 2.20. The van der Waals surface area contributed by atoms with Crippen LogP contribution in [0.15, 0.2) is 30.3 Å². The zero-order valence-corrected chi connectivity index (χ0v) is 13.3. The van der Waals surface area contributed by atoms with Crippen molar-refractivity contribution in [3.63, 3.8) is 0 Å². The first kappa shape index (κ1) is 14.6. The molecule has 2 rings (SSSR count). The van der Waals surface area contributed by atoms with E-state index in [1.807, 2.05) is 0 Å². The Morgan fingerprint density at radius 3 is 2.05 bits per heavy atom. The number of aromatic nitrogens is 2. The smallest absolute Gasteiger partial charge is 0.148 e. The normalized spacial score (nSPS) is 12.5. The van der Waals surface area contributed by atoms with E-state index in [9.17, 15) is 0 Å². The monoisotopic (exact) mass is 271 g/mol. The minimum Gasteiger partial charge on any atom is -0.364 e. The summed E-state index contributed by atoms with van der Waals surface area (Å²) in [5.41, 5.74) is 3.74. The molecule has 1 aromatic carbocycles. The molecule has 0 amide bonds. The van der Waals surface area contributed by atoms with Crippen LogP contribution in [0.1, 0.15) is 47.1 Å². The first-order valence-electron chi connectivity index (χ1n) is 7.10. The minimum absolute atomic E-state index is 0.0164. The lowest BCUT2D eigenvalue weighted by Crippen LogP contribution is -2.26. The summed E-state index contributed by atoms with van der Waals surface area (Å²) >= 11 is 0. The van der Waals surface area contributed by atoms with Gasteiger partial charge in [0.05, 0.1) is 5.69 Å². The lowest BCUT2D eigenvalue weighted by molar-refractivity contribution is 0.590. The second-order valence-corrected chi connectivity index (χ2v) is 7.37. The third kappa shape index (κ3) is 3.62. The SMILES string of the molecule is CC(C)(C)Nc1cc(-c2ccc(C(C)(C)C)cc2)[nH]n1. The van der Waals surface area contributed by atoms with Crippen LogP contribution in [0.4, 0.5) is 5.82 Å². The highest BCUT2D eigenvalue weighted by molar-refractivity contribution is 5.63. The van der Waals surface area contributed by atoms with Crippen LogP contribution in [-0.4, -0.2) is 15.7 Å². The number of H-pyrrole nitrogens is 1. The molecule has 108 valence electrons. The molecule has 0 aliphatic rings. The van der Waals surface area contributed by atoms with Crippen LogP contribution < -0.4 is 5.32 Å². The van der Waals surface area contributed by atoms with Crippen molar-refractivity contribution in [3.05, 3.63) is 35.9 Å². The Kier molecular flexibility index (Phi) is 3.63. The molecule has 3 heteroatoms. The topological polar surface area (TPSA) is 40.7 Å². The van der Waals surface area contributed by atoms with Gasteiger partial charge in [0.1, 0.15) is 5.82 Å². The van der Waals surface area contributed by atoms with Gasteiger partial charge in [-0.15, -0.1) is 0 Å². The van der Waals surface area contributed by atoms with Gasteiger partial charge >= 0.3 is 0 Å². The Labute approximate surface area is 121 Å². The van der Waals surface area contributed by atoms with Gasteiger partial charge in [0.2, 0.25) is 0 Å². The third-order valence-electron chi connectivity index (χ3n) is 3.14. The number of nitrogens with one attached hydrogen (secondary N) is 2. The summed E-state index contributed by atoms with van der Waals surface area (Å²) in [7, 11) is 0. The van der Waals surface area contributed by atoms with Gasteiger partial charge in [-0.25, -0.2) is 0 Å². The van der Waals surface area contributed by atoms with Crippen LogP contribution in [0.2, 0.25) is 0 Å². The highest BCUT2D eigenvalue weighted by atomic mass is 15.2. The molecule has 0 saturated carbocycles. The molecular formula is C17H25N3. The van der Waals surface area contributed by atoms with E-state index >= 15 is 0 Å². The van der Waals surface area contributed by atoms with Crippen LogP contribution in [0.5, 0.6) is 0 Å². The summed E-state index contributed by atoms with van der Waals surface area (Å²) in [6.07, 6.45) is 0. The number of rotatable bonds is 2. The molecule has 0 aliphatic carbocycles. The number of hydrogen-bond donors (Lipinski definition) is 2. The quantitative estimate of drug-likeness (QED) is 0.839. The molecule has 0 saturated heterocycles. The summed E-state index contributed by atoms with van der Waals surface area (Å²) < 4.78 is 0. The third-order valence-corrected chi connectivity index (χ3v) is 3.14. The van der Waals surface area contributed by atoms with Crippen molar-refractivity contribution in [1.29, 1.82) is 0 Å². The zero-order chi connectivity index (χ0) is 15.0. The largest absolute Gasteiger partial charge is 0.364 e. The predicted molar refractivity (Wildman–Crippen MR) is 86.1 cm³/mol. The lowest BCUT2D eigenvalue weighted by Gasteiger charge is -2.19. The van der Waals surface area contributed by atoms with Crippen molar-refractivity contribution in [2.75, 3.05) is 5.32 Å². The zero-order valence-electron chi connectivity index (χ0n) is 13.3. The Bertz CT molecular complexity index is 566. The average molecular weight is 271 g/mol. The lowest BCUT2D eigenvalue weighted by atomic mass is 9.86. The van der Waals surface area contributed by atoms with Crippen LogP contribution in [0.25, 0.3) is 11.3 Å². The second-order valence-electron chi connectivity index (χ2n) is 7.37. The number of benzene rings is 1. The molecular weight excluding hydrogens is 246 g/mol. The molecule has 3 nitrogen and oxygen atoms in total. The van der Waals surface area contributed by atoms with E-state index in [4.69, 9.17) is 0 Å². The first-order valence-corrected chi connectivity index (χ1v) is 7.10. The van der Waals surface area contributed by atoms with E-state index in [0.29, 0.717) is 0 Å². The molecule has 2 aromatic rings. The van der Waals surface area contributed by atoms with E-state index in [1.165, 1.54) is 5.56 Å². The van der Waals surface area contributed by atoms with Gasteiger partial charge in [-0.3, -0.25) is 5.10 Å². The van der Waals surface area contributed by atoms with Gasteiger partial charge in [-0.1, -0.05) is 45.0 Å². The summed E-state index contributed by atoms with van der Waals surface area (Å²) in [5.74, 6) is 0.882. The Hall–Kier alpha value is -1.77. The Morgan fingerprint density at radius 2 is 1.55 bits per heavy atom. The maximum Gasteiger partial charge on any atom is 0.148 e. The molecule has 0 spiro atoms. The van der Waals surface area contributed by atoms with Crippen LogP contribution in [0, 0.1) is 0 Å². The van der Waals surface area contributed by atoms with E-state index in [1.54, 1.807) is 0 Å². The fourth-order valence-electron chi connectivity index (χ4n) is 2.07. The minimum atomic E-state index is 0.0164. The van der Waals surface area contributed by atoms with Crippen molar-refractivity contribution < 1.29 is 0 Å². The van der Waals surface area contributed by atoms with Gasteiger partial charge in [0, 0.05) is 11.6 Å². The number of anilines is 1. The fourth-order valence-corrected chi connectivity index (χ4v) is 2.07. The highest BCUT2D eigenvalue weighted by Gasteiger charge is 2.14. The maximum absolute atomic E-state index is 4.31. The van der Waals surface area contributed by atoms with E-state index in [-0.39, 0.29) is 11.0 Å². The summed E-state index contributed by atoms with van der Waals surface area (Å²) in [5, 5.41) is 10.8. The van der Waals surface area contributed by atoms with Crippen molar-refractivity contribution in [2.24, 2.45) is 0 Å². The number of aromatic amines is 1. The van der Waals surface area contributed by atoms with Gasteiger partial charge in [0.15, 0.2) is 0 Å². The van der Waals surface area contributed by atoms with Crippen LogP contribution in [0.3, 0.4) is 0 Å². The second kappa shape index (κ2) is 4.97. The standard InChI is InChI=1S/C17H25N3/c1-16(2,3)13-9-7-12(8-10-13)14-11-15(20-19-14)18-17(4,5)6/h7-11H,1-6H3,(H2,18,19,20). The van der Waals surface area contributed by atoms with E-state index < -0.39 is 0 Å². The highest BCUT2D eigenvalue weighted by Crippen LogP contribution is 2.26. The molecule has 20 heavy (non-hydrogen) atoms. The molecule has 1 heterocycles. The van der Waals surface area contributed by atoms with E-state index in [2.05, 4.69) is 87.4 Å². The predicted octanol–water partition coefficient (Wildman–Crippen LogP) is 4.58. The molecule has 0 bridgehead atoms. The summed E-state index contributed by atoms with van der Waals surface area (Å²) in [4.78, 5) is 0. The molecule has 2 N–H and O–H groups in total. The molecule has 0 aliphatic heterocycles. The summed E-state index contributed by atoms with van der Waals surface area (Å²) in [6.45, 7) is 13.1. The van der Waals surface area contributed by atoms with Crippen molar-refractivity contribution in [3.8, 4) is 11.3 Å². The number of hydrogen-bond acceptors (Lipinski definition) is 2. The molecule has 0 unspecified atom stereocenters. The van der Waals surface area contributed by atoms with Gasteiger partial charge in [-0.05, 0) is 37.3 Å². The molecule has 1 aromatic heterocycles. The fraction of sp³-hybridized carbons (Fsp3) is 0.471. The first-order chi connectivity index (χ1) is 9.15. The molecule has 0 fully saturated rings. The Morgan fingerprint density at radius 1 is 0.950 bits per heavy atom. The van der Waals surface area contributed by atoms with Gasteiger partial charge in [0.25, 0.3) is 0 Å². The maximum atomic E-state index is 4.31. The van der Waals surface area contributed by atoms with E-state index in [0.717, 1.165) is 17.1 Å². The number of nitrogens with zero attached hydrogens (tertiary/aromatic N) is 1. The van der Waals surface area contributed by atoms with Gasteiger partial charge in [-0.2, -0.15) is 5.10 Å². The molecule has 0 radical (unpaired) electrons. The van der Waals surface area contributed by atoms with Crippen LogP contribution >= 0.6 is 0 Å². The van der Waals surface area contributed by atoms with Crippen molar-refractivity contribution in [1.82, 2.24) is 10.2 Å². The average Bonchev–Trinajstić information content (AvgIpc) is 2.74. The van der Waals surface area contributed by atoms with Crippen molar-refractivity contribution >= 4 is 5.82 Å².